The van der Waals surface area contributed by atoms with Gasteiger partial charge in [-0.15, -0.1) is 11.8 Å². The predicted molar refractivity (Wildman–Crippen MR) is 141 cm³/mol. The number of nitrogens with one attached hydrogen (secondary N) is 1. The number of ether oxygens (including phenoxy) is 2. The number of halogens is 1. The molecular weight excluding hydrogens is 484 g/mol. The van der Waals surface area contributed by atoms with Crippen molar-refractivity contribution in [3.8, 4) is 11.5 Å². The summed E-state index contributed by atoms with van der Waals surface area (Å²) in [5.74, 6) is 1.43. The van der Waals surface area contributed by atoms with Crippen molar-refractivity contribution in [3.05, 3.63) is 63.5 Å². The quantitative estimate of drug-likeness (QED) is 0.537. The number of rotatable bonds is 7. The van der Waals surface area contributed by atoms with Crippen molar-refractivity contribution in [2.24, 2.45) is 5.92 Å². The molecule has 1 N–H and O–H groups in total. The van der Waals surface area contributed by atoms with Crippen LogP contribution in [0.25, 0.3) is 6.08 Å². The molecule has 2 amide bonds. The number of fused-ring (bicyclic) bond motifs is 1. The highest BCUT2D eigenvalue weighted by molar-refractivity contribution is 8.04. The average Bonchev–Trinajstić information content (AvgIpc) is 2.88. The molecule has 3 unspecified atom stereocenters. The molecule has 1 aliphatic carbocycles. The van der Waals surface area contributed by atoms with Crippen LogP contribution in [0.4, 0.5) is 0 Å². The van der Waals surface area contributed by atoms with Gasteiger partial charge in [-0.2, -0.15) is 0 Å². The molecule has 0 radical (unpaired) electrons. The molecule has 4 rings (SSSR count). The van der Waals surface area contributed by atoms with E-state index in [-0.39, 0.29) is 29.0 Å². The topological polar surface area (TPSA) is 67.9 Å². The Morgan fingerprint density at radius 1 is 1.20 bits per heavy atom. The number of nitrogens with zero attached hydrogens (tertiary/aromatic N) is 1. The minimum absolute atomic E-state index is 0.0103. The highest BCUT2D eigenvalue weighted by atomic mass is 35.5. The highest BCUT2D eigenvalue weighted by Gasteiger charge is 2.42. The first-order valence-electron chi connectivity index (χ1n) is 11.8. The number of carbonyl (C=O) groups is 2. The molecule has 0 aromatic heterocycles. The van der Waals surface area contributed by atoms with Crippen LogP contribution in [-0.4, -0.2) is 55.8 Å². The zero-order valence-corrected chi connectivity index (χ0v) is 21.8. The van der Waals surface area contributed by atoms with Gasteiger partial charge in [0.2, 0.25) is 5.91 Å². The molecule has 3 atom stereocenters. The Morgan fingerprint density at radius 2 is 2.00 bits per heavy atom. The first-order valence-corrected chi connectivity index (χ1v) is 13.1. The van der Waals surface area contributed by atoms with Crippen LogP contribution >= 0.6 is 23.4 Å². The SMILES string of the molecule is COc1ccc(CCNC(=O)C2CCC3S/C(=C/c4ccccc4Cl)C(=O)N(C)C3C2)c(OC)c1. The summed E-state index contributed by atoms with van der Waals surface area (Å²) in [5.41, 5.74) is 1.86. The van der Waals surface area contributed by atoms with Gasteiger partial charge < -0.3 is 19.7 Å². The summed E-state index contributed by atoms with van der Waals surface area (Å²) in [7, 11) is 5.09. The van der Waals surface area contributed by atoms with E-state index in [2.05, 4.69) is 5.32 Å². The van der Waals surface area contributed by atoms with Crippen LogP contribution in [0.5, 0.6) is 11.5 Å². The number of methoxy groups -OCH3 is 2. The van der Waals surface area contributed by atoms with Crippen molar-refractivity contribution < 1.29 is 19.1 Å². The number of likely N-dealkylation sites (N-methyl/N-ethyl adjacent to an activating group) is 1. The number of hydrogen-bond donors (Lipinski definition) is 1. The third-order valence-electron chi connectivity index (χ3n) is 6.81. The van der Waals surface area contributed by atoms with Gasteiger partial charge in [-0.3, -0.25) is 9.59 Å². The van der Waals surface area contributed by atoms with Crippen LogP contribution in [0, 0.1) is 5.92 Å². The maximum absolute atomic E-state index is 13.1. The van der Waals surface area contributed by atoms with E-state index in [9.17, 15) is 9.59 Å². The van der Waals surface area contributed by atoms with Gasteiger partial charge in [0.25, 0.3) is 5.91 Å². The smallest absolute Gasteiger partial charge is 0.260 e. The molecule has 6 nitrogen and oxygen atoms in total. The largest absolute Gasteiger partial charge is 0.497 e. The van der Waals surface area contributed by atoms with E-state index in [0.717, 1.165) is 35.5 Å². The van der Waals surface area contributed by atoms with Crippen molar-refractivity contribution in [2.45, 2.75) is 37.0 Å². The summed E-state index contributed by atoms with van der Waals surface area (Å²) in [6, 6.07) is 13.3. The maximum Gasteiger partial charge on any atom is 0.260 e. The van der Waals surface area contributed by atoms with E-state index in [4.69, 9.17) is 21.1 Å². The molecule has 186 valence electrons. The molecule has 0 bridgehead atoms. The first-order chi connectivity index (χ1) is 16.9. The van der Waals surface area contributed by atoms with Gasteiger partial charge in [-0.05, 0) is 55.0 Å². The molecule has 35 heavy (non-hydrogen) atoms. The summed E-state index contributed by atoms with van der Waals surface area (Å²) in [5, 5.41) is 4.00. The molecule has 1 heterocycles. The summed E-state index contributed by atoms with van der Waals surface area (Å²) in [6.07, 6.45) is 4.93. The summed E-state index contributed by atoms with van der Waals surface area (Å²) >= 11 is 7.92. The second-order valence-corrected chi connectivity index (χ2v) is 10.6. The maximum atomic E-state index is 13.1. The van der Waals surface area contributed by atoms with E-state index < -0.39 is 0 Å². The van der Waals surface area contributed by atoms with Crippen molar-refractivity contribution in [1.29, 1.82) is 0 Å². The Hall–Kier alpha value is -2.64. The summed E-state index contributed by atoms with van der Waals surface area (Å²) < 4.78 is 10.7. The Labute approximate surface area is 216 Å². The number of benzene rings is 2. The predicted octanol–water partition coefficient (Wildman–Crippen LogP) is 4.80. The average molecular weight is 515 g/mol. The standard InChI is InChI=1S/C27H31ClN2O4S/c1-30-22-14-19(26(31)29-13-12-17-8-10-20(33-2)16-23(17)34-3)9-11-24(22)35-25(27(30)32)15-18-6-4-5-7-21(18)28/h4-8,10,15-16,19,22,24H,9,11-14H2,1-3H3,(H,29,31)/b25-15+. The van der Waals surface area contributed by atoms with Gasteiger partial charge >= 0.3 is 0 Å². The van der Waals surface area contributed by atoms with Gasteiger partial charge in [0.15, 0.2) is 0 Å². The lowest BCUT2D eigenvalue weighted by atomic mass is 9.83. The van der Waals surface area contributed by atoms with Crippen LogP contribution in [0.1, 0.15) is 30.4 Å². The third-order valence-corrected chi connectivity index (χ3v) is 8.56. The minimum Gasteiger partial charge on any atom is -0.497 e. The second-order valence-electron chi connectivity index (χ2n) is 8.90. The Balaban J connectivity index is 1.34. The summed E-state index contributed by atoms with van der Waals surface area (Å²) in [6.45, 7) is 0.528. The Morgan fingerprint density at radius 3 is 2.74 bits per heavy atom. The van der Waals surface area contributed by atoms with Gasteiger partial charge in [-0.1, -0.05) is 35.9 Å². The van der Waals surface area contributed by atoms with Crippen molar-refractivity contribution in [1.82, 2.24) is 10.2 Å². The molecule has 0 spiro atoms. The zero-order chi connectivity index (χ0) is 24.9. The van der Waals surface area contributed by atoms with Gasteiger partial charge in [0.1, 0.15) is 11.5 Å². The van der Waals surface area contributed by atoms with Crippen LogP contribution in [0.3, 0.4) is 0 Å². The molecule has 2 aromatic carbocycles. The van der Waals surface area contributed by atoms with Crippen molar-refractivity contribution in [2.75, 3.05) is 27.8 Å². The van der Waals surface area contributed by atoms with Gasteiger partial charge in [0, 0.05) is 41.9 Å². The molecular formula is C27H31ClN2O4S. The van der Waals surface area contributed by atoms with E-state index in [1.54, 1.807) is 26.0 Å². The number of carbonyl (C=O) groups excluding carboxylic acids is 2. The molecule has 2 aliphatic rings. The number of amides is 2. The van der Waals surface area contributed by atoms with E-state index in [0.29, 0.717) is 29.3 Å². The van der Waals surface area contributed by atoms with Crippen molar-refractivity contribution >= 4 is 41.3 Å². The zero-order valence-electron chi connectivity index (χ0n) is 20.3. The fourth-order valence-electron chi connectivity index (χ4n) is 4.79. The van der Waals surface area contributed by atoms with E-state index in [1.165, 1.54) is 0 Å². The Kier molecular flexibility index (Phi) is 8.29. The monoisotopic (exact) mass is 514 g/mol. The molecule has 2 fully saturated rings. The molecule has 1 saturated heterocycles. The molecule has 1 aliphatic heterocycles. The highest BCUT2D eigenvalue weighted by Crippen LogP contribution is 2.43. The van der Waals surface area contributed by atoms with Gasteiger partial charge in [-0.25, -0.2) is 0 Å². The van der Waals surface area contributed by atoms with Crippen molar-refractivity contribution in [3.63, 3.8) is 0 Å². The molecule has 8 heteroatoms. The lowest BCUT2D eigenvalue weighted by molar-refractivity contribution is -0.131. The van der Waals surface area contributed by atoms with Gasteiger partial charge in [0.05, 0.1) is 19.1 Å². The summed E-state index contributed by atoms with van der Waals surface area (Å²) in [4.78, 5) is 28.5. The van der Waals surface area contributed by atoms with Crippen LogP contribution in [0.15, 0.2) is 47.4 Å². The lowest BCUT2D eigenvalue weighted by Crippen LogP contribution is -2.52. The molecule has 1 saturated carbocycles. The second kappa shape index (κ2) is 11.4. The van der Waals surface area contributed by atoms with E-state index >= 15 is 0 Å². The fraction of sp³-hybridized carbons (Fsp3) is 0.407. The van der Waals surface area contributed by atoms with Crippen LogP contribution in [-0.2, 0) is 16.0 Å². The van der Waals surface area contributed by atoms with Crippen LogP contribution < -0.4 is 14.8 Å². The number of hydrogen-bond acceptors (Lipinski definition) is 5. The minimum atomic E-state index is -0.0982. The lowest BCUT2D eigenvalue weighted by Gasteiger charge is -2.44. The molecule has 2 aromatic rings. The number of thioether (sulfide) groups is 1. The van der Waals surface area contributed by atoms with Crippen LogP contribution in [0.2, 0.25) is 5.02 Å². The Bertz CT molecular complexity index is 1120. The fourth-order valence-corrected chi connectivity index (χ4v) is 6.45. The normalized spacial score (nSPS) is 23.1. The first kappa shape index (κ1) is 25.5. The third kappa shape index (κ3) is 5.78. The van der Waals surface area contributed by atoms with E-state index in [1.807, 2.05) is 60.5 Å².